The van der Waals surface area contributed by atoms with Crippen molar-refractivity contribution in [2.75, 3.05) is 24.5 Å². The molecule has 3 heterocycles. The van der Waals surface area contributed by atoms with Gasteiger partial charge in [-0.3, -0.25) is 14.6 Å². The number of hydrogen-bond donors (Lipinski definition) is 2. The Morgan fingerprint density at radius 2 is 2.20 bits per heavy atom. The molecule has 0 aliphatic carbocycles. The first-order chi connectivity index (χ1) is 12.0. The number of amides is 2. The van der Waals surface area contributed by atoms with Gasteiger partial charge in [-0.15, -0.1) is 0 Å². The van der Waals surface area contributed by atoms with Crippen LogP contribution in [0.3, 0.4) is 0 Å². The summed E-state index contributed by atoms with van der Waals surface area (Å²) in [5.41, 5.74) is 1.83. The van der Waals surface area contributed by atoms with E-state index in [1.807, 2.05) is 17.0 Å². The van der Waals surface area contributed by atoms with Crippen LogP contribution < -0.4 is 15.5 Å². The molecule has 2 amide bonds. The molecule has 8 heteroatoms. The van der Waals surface area contributed by atoms with E-state index in [4.69, 9.17) is 11.6 Å². The van der Waals surface area contributed by atoms with Gasteiger partial charge in [-0.1, -0.05) is 17.7 Å². The molecule has 25 heavy (non-hydrogen) atoms. The first-order valence-corrected chi connectivity index (χ1v) is 8.28. The van der Waals surface area contributed by atoms with Gasteiger partial charge in [-0.2, -0.15) is 0 Å². The lowest BCUT2D eigenvalue weighted by molar-refractivity contribution is -0.120. The van der Waals surface area contributed by atoms with Gasteiger partial charge >= 0.3 is 0 Å². The van der Waals surface area contributed by atoms with Crippen LogP contribution in [-0.4, -0.2) is 41.4 Å². The highest BCUT2D eigenvalue weighted by Crippen LogP contribution is 2.17. The average Bonchev–Trinajstić information content (AvgIpc) is 2.60. The number of aromatic nitrogens is 2. The van der Waals surface area contributed by atoms with Crippen LogP contribution in [0.5, 0.6) is 0 Å². The molecule has 1 aliphatic heterocycles. The molecule has 1 aliphatic rings. The maximum absolute atomic E-state index is 12.3. The van der Waals surface area contributed by atoms with Crippen molar-refractivity contribution in [3.8, 4) is 0 Å². The molecule has 0 atom stereocenters. The molecular formula is C17H18ClN5O2. The van der Waals surface area contributed by atoms with Gasteiger partial charge in [0, 0.05) is 32.0 Å². The fraction of sp³-hybridized carbons (Fsp3) is 0.294. The molecule has 2 aromatic rings. The SMILES string of the molecule is Cc1nccc(Cl)c1C(=O)NCc1ccc(N2CCNC(=O)C2)nc1. The van der Waals surface area contributed by atoms with Crippen LogP contribution in [0.4, 0.5) is 5.82 Å². The molecule has 0 aromatic carbocycles. The van der Waals surface area contributed by atoms with E-state index in [2.05, 4.69) is 20.6 Å². The lowest BCUT2D eigenvalue weighted by Crippen LogP contribution is -2.48. The van der Waals surface area contributed by atoms with Crippen molar-refractivity contribution in [1.29, 1.82) is 0 Å². The van der Waals surface area contributed by atoms with E-state index in [-0.39, 0.29) is 11.8 Å². The summed E-state index contributed by atoms with van der Waals surface area (Å²) in [4.78, 5) is 34.1. The number of aryl methyl sites for hydroxylation is 1. The van der Waals surface area contributed by atoms with Crippen LogP contribution in [0.15, 0.2) is 30.6 Å². The summed E-state index contributed by atoms with van der Waals surface area (Å²) in [6.45, 7) is 3.72. The summed E-state index contributed by atoms with van der Waals surface area (Å²) < 4.78 is 0. The zero-order valence-corrected chi connectivity index (χ0v) is 14.5. The van der Waals surface area contributed by atoms with E-state index in [9.17, 15) is 9.59 Å². The second kappa shape index (κ2) is 7.48. The predicted molar refractivity (Wildman–Crippen MR) is 94.6 cm³/mol. The molecule has 1 fully saturated rings. The average molecular weight is 360 g/mol. The zero-order chi connectivity index (χ0) is 17.8. The largest absolute Gasteiger partial charge is 0.353 e. The molecule has 0 unspecified atom stereocenters. The zero-order valence-electron chi connectivity index (χ0n) is 13.8. The quantitative estimate of drug-likeness (QED) is 0.859. The molecule has 3 rings (SSSR count). The number of hydrogen-bond acceptors (Lipinski definition) is 5. The number of nitrogens with zero attached hydrogens (tertiary/aromatic N) is 3. The van der Waals surface area contributed by atoms with Gasteiger partial charge in [0.1, 0.15) is 5.82 Å². The van der Waals surface area contributed by atoms with Crippen LogP contribution in [0.1, 0.15) is 21.6 Å². The molecule has 130 valence electrons. The molecular weight excluding hydrogens is 342 g/mol. The molecule has 0 spiro atoms. The monoisotopic (exact) mass is 359 g/mol. The van der Waals surface area contributed by atoms with E-state index in [1.165, 1.54) is 0 Å². The summed E-state index contributed by atoms with van der Waals surface area (Å²) in [6.07, 6.45) is 3.26. The third kappa shape index (κ3) is 4.06. The summed E-state index contributed by atoms with van der Waals surface area (Å²) in [7, 11) is 0. The van der Waals surface area contributed by atoms with Gasteiger partial charge in [-0.05, 0) is 24.6 Å². The topological polar surface area (TPSA) is 87.2 Å². The molecule has 0 bridgehead atoms. The summed E-state index contributed by atoms with van der Waals surface area (Å²) in [5.74, 6) is 0.469. The number of nitrogens with one attached hydrogen (secondary N) is 2. The van der Waals surface area contributed by atoms with Crippen molar-refractivity contribution in [3.05, 3.63) is 52.4 Å². The smallest absolute Gasteiger partial charge is 0.254 e. The van der Waals surface area contributed by atoms with Crippen molar-refractivity contribution >= 4 is 29.2 Å². The predicted octanol–water partition coefficient (Wildman–Crippen LogP) is 1.30. The minimum absolute atomic E-state index is 0.00638. The number of pyridine rings is 2. The van der Waals surface area contributed by atoms with Crippen molar-refractivity contribution in [2.45, 2.75) is 13.5 Å². The highest BCUT2D eigenvalue weighted by Gasteiger charge is 2.17. The highest BCUT2D eigenvalue weighted by molar-refractivity contribution is 6.33. The number of carbonyl (C=O) groups is 2. The van der Waals surface area contributed by atoms with Crippen LogP contribution in [0, 0.1) is 6.92 Å². The van der Waals surface area contributed by atoms with Gasteiger partial charge in [0.2, 0.25) is 5.91 Å². The number of halogens is 1. The van der Waals surface area contributed by atoms with E-state index in [1.54, 1.807) is 25.4 Å². The van der Waals surface area contributed by atoms with Gasteiger partial charge < -0.3 is 15.5 Å². The molecule has 1 saturated heterocycles. The van der Waals surface area contributed by atoms with Crippen molar-refractivity contribution in [3.63, 3.8) is 0 Å². The maximum atomic E-state index is 12.3. The third-order valence-corrected chi connectivity index (χ3v) is 4.26. The van der Waals surface area contributed by atoms with Gasteiger partial charge in [-0.25, -0.2) is 4.98 Å². The van der Waals surface area contributed by atoms with Crippen LogP contribution in [0.2, 0.25) is 5.02 Å². The van der Waals surface area contributed by atoms with E-state index >= 15 is 0 Å². The minimum atomic E-state index is -0.271. The first kappa shape index (κ1) is 17.2. The third-order valence-electron chi connectivity index (χ3n) is 3.94. The summed E-state index contributed by atoms with van der Waals surface area (Å²) in [6, 6.07) is 5.32. The van der Waals surface area contributed by atoms with Crippen LogP contribution in [-0.2, 0) is 11.3 Å². The van der Waals surface area contributed by atoms with Crippen molar-refractivity contribution < 1.29 is 9.59 Å². The Kier molecular flexibility index (Phi) is 5.14. The van der Waals surface area contributed by atoms with E-state index in [0.717, 1.165) is 17.9 Å². The van der Waals surface area contributed by atoms with E-state index in [0.29, 0.717) is 35.9 Å². The second-order valence-electron chi connectivity index (χ2n) is 5.73. The lowest BCUT2D eigenvalue weighted by atomic mass is 10.2. The summed E-state index contributed by atoms with van der Waals surface area (Å²) >= 11 is 6.07. The molecule has 2 N–H and O–H groups in total. The standard InChI is InChI=1S/C17H18ClN5O2/c1-11-16(13(18)4-5-19-11)17(25)22-9-12-2-3-14(21-8-12)23-7-6-20-15(24)10-23/h2-5,8H,6-7,9-10H2,1H3,(H,20,24)(H,22,25). The fourth-order valence-electron chi connectivity index (χ4n) is 2.62. The lowest BCUT2D eigenvalue weighted by Gasteiger charge is -2.27. The highest BCUT2D eigenvalue weighted by atomic mass is 35.5. The Bertz CT molecular complexity index is 774. The molecule has 7 nitrogen and oxygen atoms in total. The number of rotatable bonds is 4. The minimum Gasteiger partial charge on any atom is -0.353 e. The molecule has 0 radical (unpaired) electrons. The Labute approximate surface area is 150 Å². The number of anilines is 1. The number of carbonyl (C=O) groups excluding carboxylic acids is 2. The van der Waals surface area contributed by atoms with Gasteiger partial charge in [0.25, 0.3) is 5.91 Å². The Morgan fingerprint density at radius 1 is 1.36 bits per heavy atom. The van der Waals surface area contributed by atoms with Crippen LogP contribution >= 0.6 is 11.6 Å². The van der Waals surface area contributed by atoms with Gasteiger partial charge in [0.05, 0.1) is 22.8 Å². The Morgan fingerprint density at radius 3 is 2.88 bits per heavy atom. The Hall–Kier alpha value is -2.67. The molecule has 0 saturated carbocycles. The normalized spacial score (nSPS) is 14.2. The fourth-order valence-corrected chi connectivity index (χ4v) is 2.90. The summed E-state index contributed by atoms with van der Waals surface area (Å²) in [5, 5.41) is 5.98. The maximum Gasteiger partial charge on any atom is 0.254 e. The molecule has 2 aromatic heterocycles. The van der Waals surface area contributed by atoms with E-state index < -0.39 is 0 Å². The van der Waals surface area contributed by atoms with Crippen molar-refractivity contribution in [2.24, 2.45) is 0 Å². The first-order valence-electron chi connectivity index (χ1n) is 7.90. The van der Waals surface area contributed by atoms with Gasteiger partial charge in [0.15, 0.2) is 0 Å². The second-order valence-corrected chi connectivity index (χ2v) is 6.14. The van der Waals surface area contributed by atoms with Crippen LogP contribution in [0.25, 0.3) is 0 Å². The van der Waals surface area contributed by atoms with Crippen molar-refractivity contribution in [1.82, 2.24) is 20.6 Å². The number of piperazine rings is 1. The Balaban J connectivity index is 1.62.